The highest BCUT2D eigenvalue weighted by Crippen LogP contribution is 2.17. The first kappa shape index (κ1) is 14.4. The van der Waals surface area contributed by atoms with Crippen LogP contribution in [0.15, 0.2) is 70.5 Å². The van der Waals surface area contributed by atoms with Gasteiger partial charge in [-0.1, -0.05) is 36.4 Å². The molecule has 0 heterocycles. The number of primary amides is 1. The minimum atomic E-state index is -1.92. The van der Waals surface area contributed by atoms with Crippen molar-refractivity contribution in [3.63, 3.8) is 0 Å². The number of carbonyl (C=O) groups excluding carboxylic acids is 1. The van der Waals surface area contributed by atoms with E-state index in [0.29, 0.717) is 13.5 Å². The first-order valence-corrected chi connectivity index (χ1v) is 7.86. The van der Waals surface area contributed by atoms with E-state index in [4.69, 9.17) is 5.73 Å². The quantitative estimate of drug-likeness (QED) is 0.935. The highest BCUT2D eigenvalue weighted by atomic mass is 32.3. The molecule has 2 amide bonds. The Labute approximate surface area is 121 Å². The van der Waals surface area contributed by atoms with E-state index in [-0.39, 0.29) is 0 Å². The summed E-state index contributed by atoms with van der Waals surface area (Å²) in [7, 11) is -3.85. The molecule has 5 nitrogen and oxygen atoms in total. The van der Waals surface area contributed by atoms with E-state index in [1.807, 2.05) is 0 Å². The van der Waals surface area contributed by atoms with Crippen LogP contribution in [0.25, 0.3) is 0 Å². The van der Waals surface area contributed by atoms with Crippen molar-refractivity contribution in [2.75, 3.05) is 0 Å². The molecule has 2 unspecified atom stereocenters. The minimum absolute atomic E-state index is 0.357. The summed E-state index contributed by atoms with van der Waals surface area (Å²) in [5, 5.41) is 0. The lowest BCUT2D eigenvalue weighted by atomic mass is 10.4. The van der Waals surface area contributed by atoms with Crippen molar-refractivity contribution in [3.05, 3.63) is 60.7 Å². The van der Waals surface area contributed by atoms with Gasteiger partial charge in [0, 0.05) is 0 Å². The number of nitrogens with two attached hydrogens (primary N) is 1. The first-order valence-electron chi connectivity index (χ1n) is 5.64. The third-order valence-corrected chi connectivity index (χ3v) is 5.50. The zero-order valence-electron chi connectivity index (χ0n) is 10.3. The highest BCUT2D eigenvalue weighted by molar-refractivity contribution is 7.98. The van der Waals surface area contributed by atoms with Gasteiger partial charge in [0.25, 0.3) is 0 Å². The van der Waals surface area contributed by atoms with E-state index in [2.05, 4.69) is 0 Å². The number of rotatable bonds is 4. The molecule has 0 saturated carbocycles. The van der Waals surface area contributed by atoms with Crippen LogP contribution in [0.2, 0.25) is 0 Å². The van der Waals surface area contributed by atoms with E-state index in [9.17, 15) is 13.2 Å². The molecule has 2 atom stereocenters. The van der Waals surface area contributed by atoms with Crippen molar-refractivity contribution < 1.29 is 13.2 Å². The third-order valence-electron chi connectivity index (χ3n) is 2.37. The molecule has 2 rings (SSSR count). The standard InChI is InChI=1S/C13H12N2O3S2/c14-13(16)15(19(17)11-7-3-1-4-8-11)20(18)12-9-5-2-6-10-12/h1-10H,(H2,14,16). The van der Waals surface area contributed by atoms with Gasteiger partial charge in [-0.05, 0) is 24.3 Å². The Morgan fingerprint density at radius 3 is 1.45 bits per heavy atom. The number of amides is 2. The second-order valence-electron chi connectivity index (χ2n) is 3.72. The lowest BCUT2D eigenvalue weighted by Gasteiger charge is -2.17. The molecule has 0 saturated heterocycles. The zero-order valence-corrected chi connectivity index (χ0v) is 12.0. The molecule has 2 N–H and O–H groups in total. The second-order valence-corrected chi connectivity index (χ2v) is 6.62. The first-order chi connectivity index (χ1) is 9.61. The van der Waals surface area contributed by atoms with E-state index in [1.165, 1.54) is 0 Å². The summed E-state index contributed by atoms with van der Waals surface area (Å²) in [4.78, 5) is 12.2. The molecule has 2 aromatic carbocycles. The maximum absolute atomic E-state index is 12.3. The Morgan fingerprint density at radius 1 is 0.800 bits per heavy atom. The van der Waals surface area contributed by atoms with Crippen molar-refractivity contribution in [3.8, 4) is 0 Å². The van der Waals surface area contributed by atoms with Gasteiger partial charge in [-0.25, -0.2) is 13.2 Å². The van der Waals surface area contributed by atoms with Crippen molar-refractivity contribution in [2.24, 2.45) is 5.73 Å². The fourth-order valence-corrected chi connectivity index (χ4v) is 3.99. The van der Waals surface area contributed by atoms with Gasteiger partial charge in [-0.2, -0.15) is 0 Å². The van der Waals surface area contributed by atoms with E-state index < -0.39 is 28.0 Å². The van der Waals surface area contributed by atoms with E-state index in [1.54, 1.807) is 60.7 Å². The molecule has 104 valence electrons. The van der Waals surface area contributed by atoms with E-state index in [0.717, 1.165) is 0 Å². The second kappa shape index (κ2) is 6.44. The molecule has 0 bridgehead atoms. The highest BCUT2D eigenvalue weighted by Gasteiger charge is 2.26. The molecule has 0 spiro atoms. The van der Waals surface area contributed by atoms with Crippen LogP contribution >= 0.6 is 0 Å². The molecule has 0 aliphatic carbocycles. The molecular weight excluding hydrogens is 296 g/mol. The summed E-state index contributed by atoms with van der Waals surface area (Å²) in [6, 6.07) is 15.5. The summed E-state index contributed by atoms with van der Waals surface area (Å²) in [5.41, 5.74) is 5.21. The van der Waals surface area contributed by atoms with Crippen LogP contribution in [-0.4, -0.2) is 18.2 Å². The van der Waals surface area contributed by atoms with Gasteiger partial charge in [-0.3, -0.25) is 0 Å². The van der Waals surface area contributed by atoms with Crippen LogP contribution in [0.5, 0.6) is 0 Å². The van der Waals surface area contributed by atoms with Crippen LogP contribution < -0.4 is 5.73 Å². The Morgan fingerprint density at radius 2 is 1.15 bits per heavy atom. The van der Waals surface area contributed by atoms with Gasteiger partial charge in [-0.15, -0.1) is 3.71 Å². The van der Waals surface area contributed by atoms with Crippen LogP contribution in [0, 0.1) is 0 Å². The Balaban J connectivity index is 2.36. The average molecular weight is 308 g/mol. The lowest BCUT2D eigenvalue weighted by molar-refractivity contribution is 0.245. The number of benzene rings is 2. The number of hydrogen-bond acceptors (Lipinski definition) is 3. The topological polar surface area (TPSA) is 80.5 Å². The zero-order chi connectivity index (χ0) is 14.5. The molecule has 0 radical (unpaired) electrons. The fraction of sp³-hybridized carbons (Fsp3) is 0. The molecular formula is C13H12N2O3S2. The molecule has 2 aromatic rings. The maximum Gasteiger partial charge on any atom is 0.339 e. The van der Waals surface area contributed by atoms with Gasteiger partial charge >= 0.3 is 6.03 Å². The van der Waals surface area contributed by atoms with Crippen LogP contribution in [-0.2, 0) is 22.0 Å². The number of hydrogen-bond donors (Lipinski definition) is 1. The average Bonchev–Trinajstić information content (AvgIpc) is 2.48. The molecule has 0 fully saturated rings. The fourth-order valence-electron chi connectivity index (χ4n) is 1.49. The van der Waals surface area contributed by atoms with Gasteiger partial charge in [0.1, 0.15) is 0 Å². The van der Waals surface area contributed by atoms with Gasteiger partial charge < -0.3 is 5.73 Å². The lowest BCUT2D eigenvalue weighted by Crippen LogP contribution is -2.38. The van der Waals surface area contributed by atoms with Gasteiger partial charge in [0.15, 0.2) is 22.0 Å². The van der Waals surface area contributed by atoms with Crippen LogP contribution in [0.4, 0.5) is 4.79 Å². The SMILES string of the molecule is NC(=O)N(S(=O)c1ccccc1)S(=O)c1ccccc1. The predicted molar refractivity (Wildman–Crippen MR) is 77.1 cm³/mol. The molecule has 20 heavy (non-hydrogen) atoms. The van der Waals surface area contributed by atoms with Crippen LogP contribution in [0.3, 0.4) is 0 Å². The monoisotopic (exact) mass is 308 g/mol. The molecule has 0 aliphatic heterocycles. The van der Waals surface area contributed by atoms with E-state index >= 15 is 0 Å². The predicted octanol–water partition coefficient (Wildman–Crippen LogP) is 1.81. The number of urea groups is 1. The van der Waals surface area contributed by atoms with Crippen molar-refractivity contribution in [2.45, 2.75) is 9.79 Å². The summed E-state index contributed by atoms with van der Waals surface area (Å²) < 4.78 is 25.3. The Bertz CT molecular complexity index is 596. The Kier molecular flexibility index (Phi) is 4.65. The normalized spacial score (nSPS) is 13.4. The number of nitrogens with zero attached hydrogens (tertiary/aromatic N) is 1. The molecule has 7 heteroatoms. The largest absolute Gasteiger partial charge is 0.350 e. The van der Waals surface area contributed by atoms with Crippen LogP contribution in [0.1, 0.15) is 0 Å². The minimum Gasteiger partial charge on any atom is -0.350 e. The summed E-state index contributed by atoms with van der Waals surface area (Å²) >= 11 is 0. The maximum atomic E-state index is 12.3. The van der Waals surface area contributed by atoms with Crippen molar-refractivity contribution in [1.29, 1.82) is 0 Å². The van der Waals surface area contributed by atoms with Gasteiger partial charge in [0.05, 0.1) is 9.79 Å². The molecule has 0 aliphatic rings. The van der Waals surface area contributed by atoms with Crippen molar-refractivity contribution in [1.82, 2.24) is 3.71 Å². The van der Waals surface area contributed by atoms with Crippen molar-refractivity contribution >= 4 is 28.0 Å². The van der Waals surface area contributed by atoms with Gasteiger partial charge in [0.2, 0.25) is 0 Å². The summed E-state index contributed by atoms with van der Waals surface area (Å²) in [5.74, 6) is 0. The molecule has 0 aromatic heterocycles. The Hall–Kier alpha value is -1.99. The summed E-state index contributed by atoms with van der Waals surface area (Å²) in [6.45, 7) is 0. The smallest absolute Gasteiger partial charge is 0.339 e. The summed E-state index contributed by atoms with van der Waals surface area (Å²) in [6.07, 6.45) is 0. The number of carbonyl (C=O) groups is 1. The third kappa shape index (κ3) is 3.12.